The van der Waals surface area contributed by atoms with Crippen LogP contribution in [0.5, 0.6) is 0 Å². The van der Waals surface area contributed by atoms with Crippen molar-refractivity contribution < 1.29 is 5.11 Å². The zero-order valence-corrected chi connectivity index (χ0v) is 7.58. The first-order valence-electron chi connectivity index (χ1n) is 4.59. The third-order valence-electron chi connectivity index (χ3n) is 2.63. The molecular formula is C9H19NO. The molecule has 1 aliphatic heterocycles. The van der Waals surface area contributed by atoms with E-state index in [1.54, 1.807) is 0 Å². The summed E-state index contributed by atoms with van der Waals surface area (Å²) in [5.41, 5.74) is 0. The first kappa shape index (κ1) is 9.01. The molecule has 1 fully saturated rings. The van der Waals surface area contributed by atoms with Crippen LogP contribution in [0.3, 0.4) is 0 Å². The van der Waals surface area contributed by atoms with Crippen molar-refractivity contribution in [3.63, 3.8) is 0 Å². The van der Waals surface area contributed by atoms with Crippen molar-refractivity contribution >= 4 is 0 Å². The van der Waals surface area contributed by atoms with E-state index in [9.17, 15) is 0 Å². The maximum absolute atomic E-state index is 8.74. The average molecular weight is 157 g/mol. The summed E-state index contributed by atoms with van der Waals surface area (Å²) in [7, 11) is 0. The molecule has 2 unspecified atom stereocenters. The van der Waals surface area contributed by atoms with Crippen LogP contribution in [0.2, 0.25) is 0 Å². The molecule has 1 aliphatic rings. The smallest absolute Gasteiger partial charge is 0.0445 e. The summed E-state index contributed by atoms with van der Waals surface area (Å²) in [6, 6.07) is 0.574. The normalized spacial score (nSPS) is 29.2. The lowest BCUT2D eigenvalue weighted by atomic mass is 10.2. The molecular weight excluding hydrogens is 138 g/mol. The quantitative estimate of drug-likeness (QED) is 0.663. The number of likely N-dealkylation sites (tertiary alicyclic amines) is 1. The van der Waals surface area contributed by atoms with Crippen molar-refractivity contribution in [2.75, 3.05) is 19.7 Å². The van der Waals surface area contributed by atoms with Crippen LogP contribution in [0.1, 0.15) is 26.7 Å². The fraction of sp³-hybridized carbons (Fsp3) is 1.00. The topological polar surface area (TPSA) is 23.5 Å². The Bertz CT molecular complexity index is 116. The first-order chi connectivity index (χ1) is 5.24. The van der Waals surface area contributed by atoms with Gasteiger partial charge < -0.3 is 10.0 Å². The number of hydrogen-bond donors (Lipinski definition) is 1. The van der Waals surface area contributed by atoms with Gasteiger partial charge in [-0.05, 0) is 32.2 Å². The molecule has 0 aromatic rings. The van der Waals surface area contributed by atoms with Gasteiger partial charge in [0.25, 0.3) is 0 Å². The summed E-state index contributed by atoms with van der Waals surface area (Å²) in [6.07, 6.45) is 2.25. The van der Waals surface area contributed by atoms with Gasteiger partial charge in [0.15, 0.2) is 0 Å². The molecule has 1 heterocycles. The second kappa shape index (κ2) is 4.07. The molecule has 2 heteroatoms. The zero-order chi connectivity index (χ0) is 8.27. The van der Waals surface area contributed by atoms with Gasteiger partial charge >= 0.3 is 0 Å². The summed E-state index contributed by atoms with van der Waals surface area (Å²) >= 11 is 0. The molecule has 0 aliphatic carbocycles. The monoisotopic (exact) mass is 157 g/mol. The molecule has 1 N–H and O–H groups in total. The van der Waals surface area contributed by atoms with Crippen LogP contribution in [-0.2, 0) is 0 Å². The van der Waals surface area contributed by atoms with Gasteiger partial charge in [0.2, 0.25) is 0 Å². The number of nitrogens with zero attached hydrogens (tertiary/aromatic N) is 1. The Morgan fingerprint density at radius 3 is 2.82 bits per heavy atom. The van der Waals surface area contributed by atoms with E-state index < -0.39 is 0 Å². The lowest BCUT2D eigenvalue weighted by Gasteiger charge is -2.22. The predicted molar refractivity (Wildman–Crippen MR) is 46.5 cm³/mol. The Hall–Kier alpha value is -0.0800. The SMILES string of the molecule is CC1CCN(C(C)CCO)C1. The molecule has 0 bridgehead atoms. The van der Waals surface area contributed by atoms with E-state index in [2.05, 4.69) is 18.7 Å². The Morgan fingerprint density at radius 1 is 1.64 bits per heavy atom. The molecule has 1 rings (SSSR count). The summed E-state index contributed by atoms with van der Waals surface area (Å²) in [5.74, 6) is 0.858. The fourth-order valence-corrected chi connectivity index (χ4v) is 1.74. The van der Waals surface area contributed by atoms with Crippen molar-refractivity contribution in [3.05, 3.63) is 0 Å². The minimum Gasteiger partial charge on any atom is -0.396 e. The van der Waals surface area contributed by atoms with E-state index in [1.807, 2.05) is 0 Å². The van der Waals surface area contributed by atoms with Gasteiger partial charge in [-0.15, -0.1) is 0 Å². The van der Waals surface area contributed by atoms with Crippen LogP contribution in [0, 0.1) is 5.92 Å². The van der Waals surface area contributed by atoms with Gasteiger partial charge in [-0.3, -0.25) is 0 Å². The largest absolute Gasteiger partial charge is 0.396 e. The molecule has 2 nitrogen and oxygen atoms in total. The number of hydrogen-bond acceptors (Lipinski definition) is 2. The third kappa shape index (κ3) is 2.46. The first-order valence-corrected chi connectivity index (χ1v) is 4.59. The summed E-state index contributed by atoms with van der Waals surface area (Å²) < 4.78 is 0. The standard InChI is InChI=1S/C9H19NO/c1-8-3-5-10(7-8)9(2)4-6-11/h8-9,11H,3-7H2,1-2H3. The average Bonchev–Trinajstić information content (AvgIpc) is 2.36. The molecule has 0 aromatic carbocycles. The lowest BCUT2D eigenvalue weighted by molar-refractivity contribution is 0.192. The highest BCUT2D eigenvalue weighted by Crippen LogP contribution is 2.18. The van der Waals surface area contributed by atoms with Crippen LogP contribution in [0.4, 0.5) is 0 Å². The van der Waals surface area contributed by atoms with Crippen LogP contribution in [-0.4, -0.2) is 35.7 Å². The molecule has 0 aromatic heterocycles. The minimum absolute atomic E-state index is 0.325. The van der Waals surface area contributed by atoms with E-state index in [1.165, 1.54) is 19.5 Å². The fourth-order valence-electron chi connectivity index (χ4n) is 1.74. The van der Waals surface area contributed by atoms with Crippen molar-refractivity contribution in [1.29, 1.82) is 0 Å². The Labute approximate surface area is 69.2 Å². The minimum atomic E-state index is 0.325. The zero-order valence-electron chi connectivity index (χ0n) is 7.58. The summed E-state index contributed by atoms with van der Waals surface area (Å²) in [6.45, 7) is 7.27. The van der Waals surface area contributed by atoms with Crippen molar-refractivity contribution in [2.24, 2.45) is 5.92 Å². The molecule has 0 amide bonds. The van der Waals surface area contributed by atoms with Crippen LogP contribution >= 0.6 is 0 Å². The van der Waals surface area contributed by atoms with Crippen molar-refractivity contribution in [2.45, 2.75) is 32.7 Å². The van der Waals surface area contributed by atoms with E-state index in [0.717, 1.165) is 12.3 Å². The highest BCUT2D eigenvalue weighted by atomic mass is 16.3. The van der Waals surface area contributed by atoms with Gasteiger partial charge in [-0.1, -0.05) is 6.92 Å². The Morgan fingerprint density at radius 2 is 2.36 bits per heavy atom. The van der Waals surface area contributed by atoms with Crippen molar-refractivity contribution in [3.8, 4) is 0 Å². The third-order valence-corrected chi connectivity index (χ3v) is 2.63. The second-order valence-electron chi connectivity index (χ2n) is 3.75. The Kier molecular flexibility index (Phi) is 3.34. The van der Waals surface area contributed by atoms with Gasteiger partial charge in [-0.2, -0.15) is 0 Å². The molecule has 0 radical (unpaired) electrons. The maximum Gasteiger partial charge on any atom is 0.0445 e. The van der Waals surface area contributed by atoms with Crippen LogP contribution < -0.4 is 0 Å². The Balaban J connectivity index is 2.25. The molecule has 1 saturated heterocycles. The molecule has 11 heavy (non-hydrogen) atoms. The van der Waals surface area contributed by atoms with Gasteiger partial charge in [0.05, 0.1) is 0 Å². The maximum atomic E-state index is 8.74. The molecule has 0 saturated carbocycles. The van der Waals surface area contributed by atoms with Gasteiger partial charge in [0, 0.05) is 19.2 Å². The predicted octanol–water partition coefficient (Wildman–Crippen LogP) is 1.10. The van der Waals surface area contributed by atoms with E-state index in [0.29, 0.717) is 12.6 Å². The number of rotatable bonds is 3. The van der Waals surface area contributed by atoms with Crippen molar-refractivity contribution in [1.82, 2.24) is 4.90 Å². The highest BCUT2D eigenvalue weighted by molar-refractivity contribution is 4.76. The summed E-state index contributed by atoms with van der Waals surface area (Å²) in [5, 5.41) is 8.74. The van der Waals surface area contributed by atoms with E-state index in [-0.39, 0.29) is 0 Å². The van der Waals surface area contributed by atoms with Gasteiger partial charge in [-0.25, -0.2) is 0 Å². The van der Waals surface area contributed by atoms with Crippen LogP contribution in [0.15, 0.2) is 0 Å². The molecule has 2 atom stereocenters. The number of aliphatic hydroxyl groups is 1. The lowest BCUT2D eigenvalue weighted by Crippen LogP contribution is -2.31. The van der Waals surface area contributed by atoms with Gasteiger partial charge in [0.1, 0.15) is 0 Å². The molecule has 66 valence electrons. The highest BCUT2D eigenvalue weighted by Gasteiger charge is 2.22. The summed E-state index contributed by atoms with van der Waals surface area (Å²) in [4.78, 5) is 2.47. The van der Waals surface area contributed by atoms with E-state index >= 15 is 0 Å². The second-order valence-corrected chi connectivity index (χ2v) is 3.75. The molecule has 0 spiro atoms. The van der Waals surface area contributed by atoms with Crippen LogP contribution in [0.25, 0.3) is 0 Å². The van der Waals surface area contributed by atoms with E-state index in [4.69, 9.17) is 5.11 Å². The number of aliphatic hydroxyl groups excluding tert-OH is 1.